The van der Waals surface area contributed by atoms with Crippen LogP contribution in [0.1, 0.15) is 29.4 Å². The lowest BCUT2D eigenvalue weighted by atomic mass is 10.1. The van der Waals surface area contributed by atoms with Crippen LogP contribution in [0, 0.1) is 0 Å². The van der Waals surface area contributed by atoms with Gasteiger partial charge in [-0.05, 0) is 18.9 Å². The molecule has 86 valence electrons. The molecule has 1 aromatic carbocycles. The van der Waals surface area contributed by atoms with Crippen LogP contribution in [-0.4, -0.2) is 21.3 Å². The predicted molar refractivity (Wildman–Crippen MR) is 66.8 cm³/mol. The van der Waals surface area contributed by atoms with Crippen LogP contribution in [0.4, 0.5) is 0 Å². The number of hydrogen-bond donors (Lipinski definition) is 0. The van der Waals surface area contributed by atoms with E-state index in [0.717, 1.165) is 29.2 Å². The van der Waals surface area contributed by atoms with Gasteiger partial charge in [0.25, 0.3) is 0 Å². The normalized spacial score (nSPS) is 14.9. The van der Waals surface area contributed by atoms with E-state index < -0.39 is 0 Å². The zero-order valence-corrected chi connectivity index (χ0v) is 10.6. The molecule has 0 amide bonds. The van der Waals surface area contributed by atoms with Crippen LogP contribution < -0.4 is 0 Å². The summed E-state index contributed by atoms with van der Waals surface area (Å²) in [6.45, 7) is 0. The van der Waals surface area contributed by atoms with Crippen molar-refractivity contribution in [2.75, 3.05) is 0 Å². The highest BCUT2D eigenvalue weighted by atomic mass is 79.9. The Morgan fingerprint density at radius 1 is 1.35 bits per heavy atom. The molecule has 4 nitrogen and oxygen atoms in total. The smallest absolute Gasteiger partial charge is 0.170 e. The molecular formula is C12H10BrN3O. The molecule has 0 aliphatic heterocycles. The van der Waals surface area contributed by atoms with Crippen molar-refractivity contribution in [1.82, 2.24) is 15.0 Å². The van der Waals surface area contributed by atoms with Crippen LogP contribution in [0.25, 0.3) is 11.3 Å². The van der Waals surface area contributed by atoms with Gasteiger partial charge >= 0.3 is 0 Å². The van der Waals surface area contributed by atoms with Crippen LogP contribution in [-0.2, 0) is 0 Å². The highest BCUT2D eigenvalue weighted by Crippen LogP contribution is 2.37. The molecule has 0 unspecified atom stereocenters. The maximum absolute atomic E-state index is 11.2. The van der Waals surface area contributed by atoms with Gasteiger partial charge in [-0.2, -0.15) is 0 Å². The number of carbonyl (C=O) groups is 1. The lowest BCUT2D eigenvalue weighted by Gasteiger charge is -2.02. The summed E-state index contributed by atoms with van der Waals surface area (Å²) in [6, 6.07) is 8.07. The van der Waals surface area contributed by atoms with Gasteiger partial charge in [-0.1, -0.05) is 39.3 Å². The van der Waals surface area contributed by atoms with E-state index in [1.165, 1.54) is 0 Å². The first-order chi connectivity index (χ1) is 8.31. The summed E-state index contributed by atoms with van der Waals surface area (Å²) in [5, 5.41) is 8.21. The van der Waals surface area contributed by atoms with Crippen molar-refractivity contribution in [3.63, 3.8) is 0 Å². The van der Waals surface area contributed by atoms with Gasteiger partial charge in [-0.3, -0.25) is 4.79 Å². The van der Waals surface area contributed by atoms with Gasteiger partial charge in [0.2, 0.25) is 0 Å². The zero-order valence-electron chi connectivity index (χ0n) is 9.01. The molecule has 17 heavy (non-hydrogen) atoms. The molecule has 5 heteroatoms. The Morgan fingerprint density at radius 3 is 2.76 bits per heavy atom. The molecule has 0 radical (unpaired) electrons. The van der Waals surface area contributed by atoms with Crippen molar-refractivity contribution >= 4 is 22.2 Å². The summed E-state index contributed by atoms with van der Waals surface area (Å²) < 4.78 is 2.66. The fourth-order valence-corrected chi connectivity index (χ4v) is 2.32. The molecule has 1 saturated carbocycles. The van der Waals surface area contributed by atoms with Crippen LogP contribution >= 0.6 is 15.9 Å². The van der Waals surface area contributed by atoms with E-state index in [-0.39, 0.29) is 0 Å². The largest absolute Gasteiger partial charge is 0.296 e. The summed E-state index contributed by atoms with van der Waals surface area (Å²) >= 11 is 3.47. The quantitative estimate of drug-likeness (QED) is 0.817. The molecule has 2 aromatic rings. The topological polar surface area (TPSA) is 47.8 Å². The lowest BCUT2D eigenvalue weighted by Crippen LogP contribution is -2.01. The Labute approximate surface area is 107 Å². The van der Waals surface area contributed by atoms with Crippen molar-refractivity contribution in [3.05, 3.63) is 34.4 Å². The summed E-state index contributed by atoms with van der Waals surface area (Å²) in [4.78, 5) is 11.2. The molecule has 1 heterocycles. The minimum Gasteiger partial charge on any atom is -0.296 e. The number of benzene rings is 1. The molecule has 0 bridgehead atoms. The van der Waals surface area contributed by atoms with Gasteiger partial charge < -0.3 is 0 Å². The average Bonchev–Trinajstić information content (AvgIpc) is 3.10. The summed E-state index contributed by atoms with van der Waals surface area (Å²) in [6.07, 6.45) is 3.01. The first-order valence-electron chi connectivity index (χ1n) is 5.46. The van der Waals surface area contributed by atoms with E-state index >= 15 is 0 Å². The highest BCUT2D eigenvalue weighted by Gasteiger charge is 2.29. The minimum atomic E-state index is 0.360. The molecule has 1 fully saturated rings. The first-order valence-corrected chi connectivity index (χ1v) is 6.26. The lowest BCUT2D eigenvalue weighted by molar-refractivity contribution is 0.111. The number of nitrogens with zero attached hydrogens (tertiary/aromatic N) is 3. The number of aromatic nitrogens is 3. The van der Waals surface area contributed by atoms with Gasteiger partial charge in [-0.25, -0.2) is 4.68 Å². The molecule has 1 aromatic heterocycles. The average molecular weight is 292 g/mol. The molecule has 0 saturated heterocycles. The van der Waals surface area contributed by atoms with Crippen molar-refractivity contribution in [2.45, 2.75) is 18.9 Å². The predicted octanol–water partition coefficient (Wildman–Crippen LogP) is 2.86. The highest BCUT2D eigenvalue weighted by molar-refractivity contribution is 9.10. The number of hydrogen-bond acceptors (Lipinski definition) is 3. The van der Waals surface area contributed by atoms with Crippen molar-refractivity contribution in [2.24, 2.45) is 0 Å². The van der Waals surface area contributed by atoms with E-state index in [9.17, 15) is 4.79 Å². The fourth-order valence-electron chi connectivity index (χ4n) is 1.84. The molecule has 1 aliphatic rings. The van der Waals surface area contributed by atoms with Gasteiger partial charge in [-0.15, -0.1) is 5.10 Å². The Bertz CT molecular complexity index is 575. The standard InChI is InChI=1S/C12H10BrN3O/c13-10-4-2-1-3-9(10)12-11(7-17)16(15-14-12)8-5-6-8/h1-4,7-8H,5-6H2. The second-order valence-electron chi connectivity index (χ2n) is 4.10. The summed E-state index contributed by atoms with van der Waals surface area (Å²) in [5.41, 5.74) is 2.13. The molecule has 0 atom stereocenters. The third kappa shape index (κ3) is 1.80. The molecule has 3 rings (SSSR count). The Kier molecular flexibility index (Phi) is 2.55. The Hall–Kier alpha value is -1.49. The zero-order chi connectivity index (χ0) is 11.8. The maximum Gasteiger partial charge on any atom is 0.170 e. The van der Waals surface area contributed by atoms with E-state index in [2.05, 4.69) is 26.2 Å². The molecule has 1 aliphatic carbocycles. The second kappa shape index (κ2) is 4.07. The van der Waals surface area contributed by atoms with Crippen LogP contribution in [0.2, 0.25) is 0 Å². The number of aldehydes is 1. The van der Waals surface area contributed by atoms with E-state index in [1.54, 1.807) is 4.68 Å². The van der Waals surface area contributed by atoms with Crippen LogP contribution in [0.15, 0.2) is 28.7 Å². The third-order valence-electron chi connectivity index (χ3n) is 2.86. The fraction of sp³-hybridized carbons (Fsp3) is 0.250. The SMILES string of the molecule is O=Cc1c(-c2ccccc2Br)nnn1C1CC1. The van der Waals surface area contributed by atoms with E-state index in [1.807, 2.05) is 24.3 Å². The maximum atomic E-state index is 11.2. The van der Waals surface area contributed by atoms with Gasteiger partial charge in [0.15, 0.2) is 6.29 Å². The van der Waals surface area contributed by atoms with Crippen molar-refractivity contribution in [3.8, 4) is 11.3 Å². The molecule has 0 N–H and O–H groups in total. The number of halogens is 1. The second-order valence-corrected chi connectivity index (χ2v) is 4.95. The molecule has 0 spiro atoms. The van der Waals surface area contributed by atoms with Gasteiger partial charge in [0.1, 0.15) is 11.4 Å². The number of carbonyl (C=O) groups excluding carboxylic acids is 1. The summed E-state index contributed by atoms with van der Waals surface area (Å²) in [7, 11) is 0. The van der Waals surface area contributed by atoms with Gasteiger partial charge in [0, 0.05) is 10.0 Å². The number of rotatable bonds is 3. The Morgan fingerprint density at radius 2 is 2.12 bits per heavy atom. The van der Waals surface area contributed by atoms with Crippen molar-refractivity contribution in [1.29, 1.82) is 0 Å². The van der Waals surface area contributed by atoms with Crippen LogP contribution in [0.5, 0.6) is 0 Å². The van der Waals surface area contributed by atoms with Crippen molar-refractivity contribution < 1.29 is 4.79 Å². The van der Waals surface area contributed by atoms with E-state index in [4.69, 9.17) is 0 Å². The first kappa shape index (κ1) is 10.7. The van der Waals surface area contributed by atoms with Crippen LogP contribution in [0.3, 0.4) is 0 Å². The monoisotopic (exact) mass is 291 g/mol. The Balaban J connectivity index is 2.14. The minimum absolute atomic E-state index is 0.360. The summed E-state index contributed by atoms with van der Waals surface area (Å²) in [5.74, 6) is 0. The van der Waals surface area contributed by atoms with Gasteiger partial charge in [0.05, 0.1) is 6.04 Å². The molecular weight excluding hydrogens is 282 g/mol. The van der Waals surface area contributed by atoms with E-state index in [0.29, 0.717) is 17.4 Å². The third-order valence-corrected chi connectivity index (χ3v) is 3.56.